The SMILES string of the molecule is Cc1ccc(Br)c(N2C(=O)NC(=O)C(C(C)C)C2=O)c1. The van der Waals surface area contributed by atoms with Gasteiger partial charge in [-0.25, -0.2) is 9.69 Å². The van der Waals surface area contributed by atoms with E-state index in [2.05, 4.69) is 21.2 Å². The Balaban J connectivity index is 2.49. The van der Waals surface area contributed by atoms with Crippen LogP contribution in [0.5, 0.6) is 0 Å². The van der Waals surface area contributed by atoms with E-state index in [0.29, 0.717) is 10.2 Å². The average molecular weight is 339 g/mol. The number of nitrogens with zero attached hydrogens (tertiary/aromatic N) is 1. The van der Waals surface area contributed by atoms with Gasteiger partial charge in [0.1, 0.15) is 5.92 Å². The van der Waals surface area contributed by atoms with Crippen LogP contribution in [0.4, 0.5) is 10.5 Å². The molecule has 1 unspecified atom stereocenters. The maximum atomic E-state index is 12.5. The van der Waals surface area contributed by atoms with Gasteiger partial charge in [0.05, 0.1) is 5.69 Å². The van der Waals surface area contributed by atoms with Crippen LogP contribution in [0.25, 0.3) is 0 Å². The van der Waals surface area contributed by atoms with Crippen molar-refractivity contribution in [3.63, 3.8) is 0 Å². The maximum Gasteiger partial charge on any atom is 0.335 e. The minimum atomic E-state index is -0.847. The summed E-state index contributed by atoms with van der Waals surface area (Å²) in [7, 11) is 0. The lowest BCUT2D eigenvalue weighted by Crippen LogP contribution is -2.59. The number of amides is 4. The number of rotatable bonds is 2. The number of aryl methyl sites for hydroxylation is 1. The third-order valence-corrected chi connectivity index (χ3v) is 3.88. The second-order valence-corrected chi connectivity index (χ2v) is 6.00. The minimum Gasteiger partial charge on any atom is -0.277 e. The van der Waals surface area contributed by atoms with Crippen molar-refractivity contribution < 1.29 is 14.4 Å². The molecule has 1 fully saturated rings. The van der Waals surface area contributed by atoms with E-state index in [-0.39, 0.29) is 5.92 Å². The Bertz CT molecular complexity index is 598. The highest BCUT2D eigenvalue weighted by atomic mass is 79.9. The molecule has 1 N–H and O–H groups in total. The van der Waals surface area contributed by atoms with E-state index in [1.165, 1.54) is 0 Å². The van der Waals surface area contributed by atoms with E-state index < -0.39 is 23.8 Å². The summed E-state index contributed by atoms with van der Waals surface area (Å²) < 4.78 is 0.628. The Hall–Kier alpha value is -1.69. The number of nitrogens with one attached hydrogen (secondary N) is 1. The molecule has 1 aliphatic heterocycles. The van der Waals surface area contributed by atoms with Crippen molar-refractivity contribution in [1.82, 2.24) is 5.32 Å². The fourth-order valence-corrected chi connectivity index (χ4v) is 2.62. The zero-order valence-corrected chi connectivity index (χ0v) is 13.0. The van der Waals surface area contributed by atoms with Gasteiger partial charge in [-0.15, -0.1) is 0 Å². The van der Waals surface area contributed by atoms with Gasteiger partial charge < -0.3 is 0 Å². The van der Waals surface area contributed by atoms with Gasteiger partial charge in [0.15, 0.2) is 0 Å². The van der Waals surface area contributed by atoms with Crippen molar-refractivity contribution in [2.45, 2.75) is 20.8 Å². The molecule has 1 aliphatic rings. The van der Waals surface area contributed by atoms with Crippen LogP contribution in [0.3, 0.4) is 0 Å². The summed E-state index contributed by atoms with van der Waals surface area (Å²) >= 11 is 3.33. The molecule has 0 radical (unpaired) electrons. The summed E-state index contributed by atoms with van der Waals surface area (Å²) in [6.45, 7) is 5.43. The molecule has 5 nitrogen and oxygen atoms in total. The highest BCUT2D eigenvalue weighted by Crippen LogP contribution is 2.31. The zero-order chi connectivity index (χ0) is 15.0. The molecular weight excluding hydrogens is 324 g/mol. The first-order valence-corrected chi connectivity index (χ1v) is 7.07. The van der Waals surface area contributed by atoms with E-state index >= 15 is 0 Å². The number of hydrogen-bond donors (Lipinski definition) is 1. The zero-order valence-electron chi connectivity index (χ0n) is 11.4. The molecular formula is C14H15BrN2O3. The van der Waals surface area contributed by atoms with Gasteiger partial charge in [-0.3, -0.25) is 14.9 Å². The van der Waals surface area contributed by atoms with E-state index in [1.807, 2.05) is 13.0 Å². The maximum absolute atomic E-state index is 12.5. The molecule has 1 atom stereocenters. The summed E-state index contributed by atoms with van der Waals surface area (Å²) in [6.07, 6.45) is 0. The molecule has 20 heavy (non-hydrogen) atoms. The van der Waals surface area contributed by atoms with Crippen LogP contribution in [-0.4, -0.2) is 17.8 Å². The summed E-state index contributed by atoms with van der Waals surface area (Å²) in [4.78, 5) is 37.3. The third kappa shape index (κ3) is 2.47. The molecule has 0 spiro atoms. The van der Waals surface area contributed by atoms with Crippen LogP contribution in [0.2, 0.25) is 0 Å². The Morgan fingerprint density at radius 1 is 1.25 bits per heavy atom. The van der Waals surface area contributed by atoms with Gasteiger partial charge in [0, 0.05) is 4.47 Å². The molecule has 106 valence electrons. The third-order valence-electron chi connectivity index (χ3n) is 3.21. The Morgan fingerprint density at radius 3 is 2.50 bits per heavy atom. The monoisotopic (exact) mass is 338 g/mol. The van der Waals surface area contributed by atoms with Crippen LogP contribution in [-0.2, 0) is 9.59 Å². The van der Waals surface area contributed by atoms with Crippen LogP contribution < -0.4 is 10.2 Å². The summed E-state index contributed by atoms with van der Waals surface area (Å²) in [6, 6.07) is 4.66. The smallest absolute Gasteiger partial charge is 0.277 e. The fraction of sp³-hybridized carbons (Fsp3) is 0.357. The quantitative estimate of drug-likeness (QED) is 0.843. The molecule has 1 heterocycles. The van der Waals surface area contributed by atoms with Crippen molar-refractivity contribution >= 4 is 39.5 Å². The molecule has 0 aromatic heterocycles. The first kappa shape index (κ1) is 14.7. The van der Waals surface area contributed by atoms with Crippen LogP contribution >= 0.6 is 15.9 Å². The van der Waals surface area contributed by atoms with E-state index in [9.17, 15) is 14.4 Å². The molecule has 0 aliphatic carbocycles. The lowest BCUT2D eigenvalue weighted by atomic mass is 9.92. The van der Waals surface area contributed by atoms with Crippen LogP contribution in [0, 0.1) is 18.8 Å². The predicted molar refractivity (Wildman–Crippen MR) is 78.2 cm³/mol. The number of hydrogen-bond acceptors (Lipinski definition) is 3. The van der Waals surface area contributed by atoms with Crippen molar-refractivity contribution in [3.05, 3.63) is 28.2 Å². The van der Waals surface area contributed by atoms with Crippen molar-refractivity contribution in [3.8, 4) is 0 Å². The van der Waals surface area contributed by atoms with Crippen LogP contribution in [0.15, 0.2) is 22.7 Å². The van der Waals surface area contributed by atoms with Crippen molar-refractivity contribution in [2.24, 2.45) is 11.8 Å². The van der Waals surface area contributed by atoms with E-state index in [0.717, 1.165) is 10.5 Å². The van der Waals surface area contributed by atoms with Gasteiger partial charge >= 0.3 is 6.03 Å². The molecule has 4 amide bonds. The Kier molecular flexibility index (Phi) is 3.94. The van der Waals surface area contributed by atoms with Gasteiger partial charge in [-0.1, -0.05) is 19.9 Å². The molecule has 1 saturated heterocycles. The standard InChI is InChI=1S/C14H15BrN2O3/c1-7(2)11-12(18)16-14(20)17(13(11)19)10-6-8(3)4-5-9(10)15/h4-7,11H,1-3H3,(H,16,18,20). The highest BCUT2D eigenvalue weighted by molar-refractivity contribution is 9.10. The lowest BCUT2D eigenvalue weighted by molar-refractivity contribution is -0.136. The Morgan fingerprint density at radius 2 is 1.90 bits per heavy atom. The Labute approximate surface area is 125 Å². The van der Waals surface area contributed by atoms with Crippen molar-refractivity contribution in [1.29, 1.82) is 0 Å². The number of imide groups is 2. The summed E-state index contributed by atoms with van der Waals surface area (Å²) in [5.41, 5.74) is 1.37. The average Bonchev–Trinajstić information content (AvgIpc) is 2.32. The van der Waals surface area contributed by atoms with Gasteiger partial charge in [0.2, 0.25) is 11.8 Å². The molecule has 1 aromatic carbocycles. The number of urea groups is 1. The molecule has 0 bridgehead atoms. The van der Waals surface area contributed by atoms with E-state index in [1.54, 1.807) is 26.0 Å². The van der Waals surface area contributed by atoms with Gasteiger partial charge in [-0.2, -0.15) is 0 Å². The van der Waals surface area contributed by atoms with Crippen LogP contribution in [0.1, 0.15) is 19.4 Å². The number of anilines is 1. The topological polar surface area (TPSA) is 66.5 Å². The minimum absolute atomic E-state index is 0.179. The highest BCUT2D eigenvalue weighted by Gasteiger charge is 2.43. The number of carbonyl (C=O) groups is 3. The molecule has 0 saturated carbocycles. The second-order valence-electron chi connectivity index (χ2n) is 5.14. The molecule has 1 aromatic rings. The summed E-state index contributed by atoms with van der Waals surface area (Å²) in [5.74, 6) is -2.04. The lowest BCUT2D eigenvalue weighted by Gasteiger charge is -2.32. The predicted octanol–water partition coefficient (Wildman–Crippen LogP) is 2.61. The number of barbiturate groups is 1. The van der Waals surface area contributed by atoms with Gasteiger partial charge in [0.25, 0.3) is 0 Å². The van der Waals surface area contributed by atoms with E-state index in [4.69, 9.17) is 0 Å². The summed E-state index contributed by atoms with van der Waals surface area (Å²) in [5, 5.41) is 2.24. The van der Waals surface area contributed by atoms with Gasteiger partial charge in [-0.05, 0) is 46.5 Å². The largest absolute Gasteiger partial charge is 0.335 e. The molecule has 6 heteroatoms. The molecule has 2 rings (SSSR count). The first-order valence-electron chi connectivity index (χ1n) is 6.28. The first-order chi connectivity index (χ1) is 9.32. The second kappa shape index (κ2) is 5.36. The fourth-order valence-electron chi connectivity index (χ4n) is 2.20. The number of carbonyl (C=O) groups excluding carboxylic acids is 3. The number of benzene rings is 1. The normalized spacial score (nSPS) is 19.6. The van der Waals surface area contributed by atoms with Crippen molar-refractivity contribution in [2.75, 3.05) is 4.90 Å². The number of halogens is 1.